The van der Waals surface area contributed by atoms with Crippen molar-refractivity contribution in [1.29, 1.82) is 0 Å². The van der Waals surface area contributed by atoms with E-state index in [1.165, 1.54) is 51.0 Å². The zero-order chi connectivity index (χ0) is 24.7. The lowest BCUT2D eigenvalue weighted by molar-refractivity contribution is 0.102. The number of carbonyl (C=O) groups is 1. The van der Waals surface area contributed by atoms with Crippen molar-refractivity contribution in [3.8, 4) is 11.4 Å². The number of ether oxygens (including phenoxy) is 1. The number of carbonyl (C=O) groups excluding carboxylic acids is 1. The molecule has 3 aromatic rings. The lowest BCUT2D eigenvalue weighted by Crippen LogP contribution is -2.31. The summed E-state index contributed by atoms with van der Waals surface area (Å²) in [5, 5.41) is 6.63. The first-order valence-corrected chi connectivity index (χ1v) is 12.0. The van der Waals surface area contributed by atoms with E-state index in [4.69, 9.17) is 33.7 Å². The van der Waals surface area contributed by atoms with Gasteiger partial charge < -0.3 is 21.1 Å². The van der Waals surface area contributed by atoms with E-state index in [2.05, 4.69) is 20.6 Å². The average molecular weight is 515 g/mol. The third kappa shape index (κ3) is 4.35. The van der Waals surface area contributed by atoms with Crippen LogP contribution in [-0.4, -0.2) is 34.1 Å². The highest BCUT2D eigenvalue weighted by atomic mass is 35.5. The van der Waals surface area contributed by atoms with Crippen molar-refractivity contribution in [2.45, 2.75) is 25.3 Å². The minimum absolute atomic E-state index is 0.153. The third-order valence-corrected chi connectivity index (χ3v) is 7.39. The highest BCUT2D eigenvalue weighted by Crippen LogP contribution is 2.44. The molecule has 4 N–H and O–H groups in total. The Morgan fingerprint density at radius 1 is 1.23 bits per heavy atom. The van der Waals surface area contributed by atoms with E-state index in [1.807, 2.05) is 12.3 Å². The monoisotopic (exact) mass is 514 g/mol. The van der Waals surface area contributed by atoms with E-state index in [-0.39, 0.29) is 33.2 Å². The summed E-state index contributed by atoms with van der Waals surface area (Å²) in [7, 11) is 1.47. The van der Waals surface area contributed by atoms with Crippen LogP contribution in [0.5, 0.6) is 5.75 Å². The molecule has 9 nitrogen and oxygen atoms in total. The molecule has 1 saturated heterocycles. The van der Waals surface area contributed by atoms with Gasteiger partial charge in [-0.1, -0.05) is 29.6 Å². The second-order valence-corrected chi connectivity index (χ2v) is 9.64. The fraction of sp³-hybridized carbons (Fsp3) is 0.333. The second-order valence-electron chi connectivity index (χ2n) is 8.82. The Labute approximate surface area is 211 Å². The van der Waals surface area contributed by atoms with E-state index < -0.39 is 11.5 Å². The molecule has 3 heterocycles. The number of nitrogens with one attached hydrogen (secondary N) is 2. The molecular weight excluding hydrogens is 491 g/mol. The first-order valence-electron chi connectivity index (χ1n) is 11.3. The van der Waals surface area contributed by atoms with Gasteiger partial charge in [0.1, 0.15) is 23.5 Å². The van der Waals surface area contributed by atoms with Gasteiger partial charge in [-0.25, -0.2) is 4.98 Å². The number of benzene rings is 1. The van der Waals surface area contributed by atoms with Gasteiger partial charge in [-0.05, 0) is 42.9 Å². The lowest BCUT2D eigenvalue weighted by atomic mass is 9.90. The van der Waals surface area contributed by atoms with E-state index in [0.29, 0.717) is 23.3 Å². The average Bonchev–Trinajstić information content (AvgIpc) is 3.44. The van der Waals surface area contributed by atoms with Crippen LogP contribution in [0.1, 0.15) is 41.2 Å². The number of pyridine rings is 1. The van der Waals surface area contributed by atoms with Gasteiger partial charge in [-0.15, -0.1) is 0 Å². The third-order valence-electron chi connectivity index (χ3n) is 6.82. The molecule has 1 aliphatic carbocycles. The second kappa shape index (κ2) is 9.49. The van der Waals surface area contributed by atoms with Crippen LogP contribution in [0, 0.1) is 11.8 Å². The molecule has 11 heteroatoms. The number of hydrogen-bond acceptors (Lipinski definition) is 7. The predicted octanol–water partition coefficient (Wildman–Crippen LogP) is 3.84. The van der Waals surface area contributed by atoms with Gasteiger partial charge in [-0.2, -0.15) is 0 Å². The van der Waals surface area contributed by atoms with Crippen LogP contribution in [0.25, 0.3) is 5.69 Å². The number of hydrogen-bond donors (Lipinski definition) is 3. The summed E-state index contributed by atoms with van der Waals surface area (Å²) in [6, 6.07) is 5.10. The Bertz CT molecular complexity index is 1340. The molecule has 1 aromatic carbocycles. The maximum absolute atomic E-state index is 13.3. The molecular formula is C24H24Cl2N6O3. The number of halogens is 2. The molecule has 0 radical (unpaired) electrons. The Hall–Kier alpha value is -3.14. The van der Waals surface area contributed by atoms with Crippen molar-refractivity contribution >= 4 is 40.6 Å². The molecule has 0 unspecified atom stereocenters. The lowest BCUT2D eigenvalue weighted by Gasteiger charge is -2.19. The number of amides is 1. The Morgan fingerprint density at radius 3 is 2.74 bits per heavy atom. The number of rotatable bonds is 5. The van der Waals surface area contributed by atoms with E-state index in [9.17, 15) is 9.59 Å². The summed E-state index contributed by atoms with van der Waals surface area (Å²) in [4.78, 5) is 34.8. The van der Waals surface area contributed by atoms with Crippen LogP contribution in [0.3, 0.4) is 0 Å². The van der Waals surface area contributed by atoms with Crippen molar-refractivity contribution < 1.29 is 9.53 Å². The summed E-state index contributed by atoms with van der Waals surface area (Å²) in [6.45, 7) is 0.994. The topological polar surface area (TPSA) is 124 Å². The van der Waals surface area contributed by atoms with Crippen molar-refractivity contribution in [3.63, 3.8) is 0 Å². The largest absolute Gasteiger partial charge is 0.497 e. The summed E-state index contributed by atoms with van der Waals surface area (Å²) in [5.74, 6) is 0.768. The Balaban J connectivity index is 1.45. The Morgan fingerprint density at radius 2 is 2.00 bits per heavy atom. The van der Waals surface area contributed by atoms with E-state index in [0.717, 1.165) is 16.7 Å². The maximum Gasteiger partial charge on any atom is 0.273 e. The van der Waals surface area contributed by atoms with Gasteiger partial charge in [0.05, 0.1) is 34.7 Å². The highest BCUT2D eigenvalue weighted by molar-refractivity contribution is 6.38. The molecule has 1 saturated carbocycles. The molecule has 3 atom stereocenters. The molecule has 2 aliphatic rings. The van der Waals surface area contributed by atoms with Crippen molar-refractivity contribution in [2.24, 2.45) is 11.8 Å². The number of aromatic nitrogens is 3. The predicted molar refractivity (Wildman–Crippen MR) is 135 cm³/mol. The zero-order valence-electron chi connectivity index (χ0n) is 18.9. The van der Waals surface area contributed by atoms with Crippen LogP contribution < -0.4 is 26.7 Å². The molecule has 5 rings (SSSR count). The van der Waals surface area contributed by atoms with Crippen molar-refractivity contribution in [3.05, 3.63) is 68.4 Å². The minimum Gasteiger partial charge on any atom is -0.497 e. The normalized spacial score (nSPS) is 21.1. The SMILES string of the molecule is COc1cc(Cl)c(-n2cnc(N)c(C(=O)Nc3cncc([C@H]4NC[C@@H]5CCC[C@@H]54)c3)c2=O)c(Cl)c1. The number of nitrogen functional groups attached to an aromatic ring is 1. The van der Waals surface area contributed by atoms with Gasteiger partial charge in [0.2, 0.25) is 0 Å². The first-order chi connectivity index (χ1) is 16.9. The maximum atomic E-state index is 13.3. The highest BCUT2D eigenvalue weighted by Gasteiger charge is 2.39. The first kappa shape index (κ1) is 23.6. The number of nitrogens with zero attached hydrogens (tertiary/aromatic N) is 3. The van der Waals surface area contributed by atoms with Gasteiger partial charge in [-0.3, -0.25) is 19.1 Å². The van der Waals surface area contributed by atoms with E-state index >= 15 is 0 Å². The van der Waals surface area contributed by atoms with Crippen LogP contribution in [0.4, 0.5) is 11.5 Å². The quantitative estimate of drug-likeness (QED) is 0.472. The van der Waals surface area contributed by atoms with Crippen LogP contribution in [0.15, 0.2) is 41.7 Å². The standard InChI is InChI=1S/C24H24Cl2N6O3/c1-35-15-6-17(25)21(18(26)7-15)32-11-30-22(27)19(24(32)34)23(33)31-14-5-13(8-28-10-14)20-16-4-2-3-12(16)9-29-20/h5-8,10-12,16,20,29H,2-4,9,27H2,1H3,(H,31,33)/t12-,16-,20+/m0/s1. The van der Waals surface area contributed by atoms with Crippen molar-refractivity contribution in [1.82, 2.24) is 19.9 Å². The smallest absolute Gasteiger partial charge is 0.273 e. The minimum atomic E-state index is -0.709. The molecule has 0 bridgehead atoms. The molecule has 1 amide bonds. The summed E-state index contributed by atoms with van der Waals surface area (Å²) < 4.78 is 6.24. The number of nitrogens with two attached hydrogens (primary N) is 1. The summed E-state index contributed by atoms with van der Waals surface area (Å²) in [6.07, 6.45) is 8.19. The fourth-order valence-electron chi connectivity index (χ4n) is 5.17. The Kier molecular flexibility index (Phi) is 6.39. The van der Waals surface area contributed by atoms with Gasteiger partial charge in [0, 0.05) is 24.4 Å². The molecule has 182 valence electrons. The number of anilines is 2. The molecule has 2 fully saturated rings. The molecule has 0 spiro atoms. The summed E-state index contributed by atoms with van der Waals surface area (Å²) >= 11 is 12.7. The molecule has 2 aromatic heterocycles. The molecule has 35 heavy (non-hydrogen) atoms. The fourth-order valence-corrected chi connectivity index (χ4v) is 5.82. The molecule has 1 aliphatic heterocycles. The number of methoxy groups -OCH3 is 1. The van der Waals surface area contributed by atoms with Crippen LogP contribution in [0.2, 0.25) is 10.0 Å². The zero-order valence-corrected chi connectivity index (χ0v) is 20.4. The summed E-state index contributed by atoms with van der Waals surface area (Å²) in [5.41, 5.74) is 6.54. The van der Waals surface area contributed by atoms with Crippen LogP contribution >= 0.6 is 23.2 Å². The number of fused-ring (bicyclic) bond motifs is 1. The van der Waals surface area contributed by atoms with Crippen LogP contribution in [-0.2, 0) is 0 Å². The van der Waals surface area contributed by atoms with Gasteiger partial charge >= 0.3 is 0 Å². The van der Waals surface area contributed by atoms with Crippen molar-refractivity contribution in [2.75, 3.05) is 24.7 Å². The van der Waals surface area contributed by atoms with E-state index in [1.54, 1.807) is 0 Å². The van der Waals surface area contributed by atoms with Gasteiger partial charge in [0.15, 0.2) is 0 Å². The van der Waals surface area contributed by atoms with Gasteiger partial charge in [0.25, 0.3) is 11.5 Å².